The van der Waals surface area contributed by atoms with Gasteiger partial charge in [0, 0.05) is 10.4 Å². The molecule has 3 rings (SSSR count). The highest BCUT2D eigenvalue weighted by molar-refractivity contribution is 9.10. The van der Waals surface area contributed by atoms with E-state index in [1.54, 1.807) is 0 Å². The standard InChI is InChI=1S/C17H18BrNO2/c1-11-9-20-15-7-4-13(8-16(15)21-10-11)17(19)12-2-5-14(18)6-3-12/h2-8,11,17H,9-10,19H2,1H3. The molecule has 0 aliphatic carbocycles. The smallest absolute Gasteiger partial charge is 0.161 e. The molecular formula is C17H18BrNO2. The van der Waals surface area contributed by atoms with Crippen molar-refractivity contribution < 1.29 is 9.47 Å². The third-order valence-electron chi connectivity index (χ3n) is 3.60. The first-order valence-electron chi connectivity index (χ1n) is 7.04. The molecule has 0 spiro atoms. The van der Waals surface area contributed by atoms with Gasteiger partial charge in [-0.25, -0.2) is 0 Å². The molecule has 2 atom stereocenters. The molecule has 2 aromatic rings. The van der Waals surface area contributed by atoms with Crippen LogP contribution in [0.1, 0.15) is 24.1 Å². The van der Waals surface area contributed by atoms with Gasteiger partial charge in [0.15, 0.2) is 11.5 Å². The molecule has 1 heterocycles. The minimum Gasteiger partial charge on any atom is -0.489 e. The zero-order chi connectivity index (χ0) is 14.8. The van der Waals surface area contributed by atoms with Gasteiger partial charge < -0.3 is 15.2 Å². The topological polar surface area (TPSA) is 44.5 Å². The van der Waals surface area contributed by atoms with E-state index >= 15 is 0 Å². The molecule has 0 amide bonds. The molecule has 3 nitrogen and oxygen atoms in total. The highest BCUT2D eigenvalue weighted by Crippen LogP contribution is 2.34. The van der Waals surface area contributed by atoms with Crippen LogP contribution in [0.5, 0.6) is 11.5 Å². The Morgan fingerprint density at radius 3 is 2.33 bits per heavy atom. The highest BCUT2D eigenvalue weighted by Gasteiger charge is 2.17. The molecule has 0 saturated heterocycles. The van der Waals surface area contributed by atoms with Crippen molar-refractivity contribution >= 4 is 15.9 Å². The second-order valence-corrected chi connectivity index (χ2v) is 6.38. The van der Waals surface area contributed by atoms with Crippen molar-refractivity contribution in [3.63, 3.8) is 0 Å². The van der Waals surface area contributed by atoms with E-state index in [-0.39, 0.29) is 6.04 Å². The maximum atomic E-state index is 6.35. The first kappa shape index (κ1) is 14.4. The lowest BCUT2D eigenvalue weighted by Gasteiger charge is -2.15. The van der Waals surface area contributed by atoms with E-state index in [4.69, 9.17) is 15.2 Å². The molecule has 0 bridgehead atoms. The Morgan fingerprint density at radius 2 is 1.62 bits per heavy atom. The molecule has 0 fully saturated rings. The summed E-state index contributed by atoms with van der Waals surface area (Å²) in [6, 6.07) is 13.8. The van der Waals surface area contributed by atoms with Gasteiger partial charge in [0.1, 0.15) is 0 Å². The largest absolute Gasteiger partial charge is 0.489 e. The van der Waals surface area contributed by atoms with Crippen molar-refractivity contribution in [3.05, 3.63) is 58.1 Å². The summed E-state index contributed by atoms with van der Waals surface area (Å²) in [6.45, 7) is 3.47. The van der Waals surface area contributed by atoms with E-state index < -0.39 is 0 Å². The third-order valence-corrected chi connectivity index (χ3v) is 4.13. The summed E-state index contributed by atoms with van der Waals surface area (Å²) in [4.78, 5) is 0. The maximum absolute atomic E-state index is 6.35. The van der Waals surface area contributed by atoms with Crippen molar-refractivity contribution in [2.24, 2.45) is 11.7 Å². The van der Waals surface area contributed by atoms with Crippen LogP contribution < -0.4 is 15.2 Å². The number of ether oxygens (including phenoxy) is 2. The number of benzene rings is 2. The van der Waals surface area contributed by atoms with E-state index in [0.29, 0.717) is 19.1 Å². The fraction of sp³-hybridized carbons (Fsp3) is 0.294. The molecule has 2 unspecified atom stereocenters. The summed E-state index contributed by atoms with van der Waals surface area (Å²) in [6.07, 6.45) is 0. The number of halogens is 1. The number of nitrogens with two attached hydrogens (primary N) is 1. The van der Waals surface area contributed by atoms with Gasteiger partial charge in [-0.2, -0.15) is 0 Å². The van der Waals surface area contributed by atoms with Crippen LogP contribution in [0.25, 0.3) is 0 Å². The Kier molecular flexibility index (Phi) is 4.17. The molecule has 2 aromatic carbocycles. The second-order valence-electron chi connectivity index (χ2n) is 5.46. The Balaban J connectivity index is 1.88. The van der Waals surface area contributed by atoms with Gasteiger partial charge in [-0.15, -0.1) is 0 Å². The van der Waals surface area contributed by atoms with Gasteiger partial charge in [0.2, 0.25) is 0 Å². The van der Waals surface area contributed by atoms with E-state index in [9.17, 15) is 0 Å². The predicted octanol–water partition coefficient (Wildman–Crippen LogP) is 3.90. The molecule has 1 aliphatic rings. The summed E-state index contributed by atoms with van der Waals surface area (Å²) < 4.78 is 12.6. The van der Waals surface area contributed by atoms with Crippen molar-refractivity contribution in [3.8, 4) is 11.5 Å². The van der Waals surface area contributed by atoms with Gasteiger partial charge in [-0.3, -0.25) is 0 Å². The fourth-order valence-electron chi connectivity index (χ4n) is 2.32. The summed E-state index contributed by atoms with van der Waals surface area (Å²) in [7, 11) is 0. The lowest BCUT2D eigenvalue weighted by molar-refractivity contribution is 0.228. The van der Waals surface area contributed by atoms with E-state index in [2.05, 4.69) is 22.9 Å². The zero-order valence-corrected chi connectivity index (χ0v) is 13.5. The van der Waals surface area contributed by atoms with Crippen LogP contribution in [0.15, 0.2) is 46.9 Å². The molecule has 0 aromatic heterocycles. The number of rotatable bonds is 2. The summed E-state index contributed by atoms with van der Waals surface area (Å²) >= 11 is 3.44. The number of hydrogen-bond acceptors (Lipinski definition) is 3. The minimum atomic E-state index is -0.173. The van der Waals surface area contributed by atoms with Crippen LogP contribution in [0.3, 0.4) is 0 Å². The number of hydrogen-bond donors (Lipinski definition) is 1. The van der Waals surface area contributed by atoms with Crippen LogP contribution in [0.4, 0.5) is 0 Å². The first-order chi connectivity index (χ1) is 10.1. The normalized spacial score (nSPS) is 18.9. The van der Waals surface area contributed by atoms with Gasteiger partial charge >= 0.3 is 0 Å². The Bertz CT molecular complexity index is 627. The fourth-order valence-corrected chi connectivity index (χ4v) is 2.59. The molecule has 0 radical (unpaired) electrons. The van der Waals surface area contributed by atoms with Gasteiger partial charge in [-0.1, -0.05) is 41.1 Å². The summed E-state index contributed by atoms with van der Waals surface area (Å²) in [5.74, 6) is 1.97. The molecular weight excluding hydrogens is 330 g/mol. The van der Waals surface area contributed by atoms with E-state index in [0.717, 1.165) is 27.1 Å². The van der Waals surface area contributed by atoms with Crippen molar-refractivity contribution in [2.75, 3.05) is 13.2 Å². The second kappa shape index (κ2) is 6.08. The Morgan fingerprint density at radius 1 is 1.00 bits per heavy atom. The van der Waals surface area contributed by atoms with E-state index in [1.165, 1.54) is 0 Å². The predicted molar refractivity (Wildman–Crippen MR) is 86.8 cm³/mol. The Labute approximate surface area is 133 Å². The molecule has 4 heteroatoms. The lowest BCUT2D eigenvalue weighted by Crippen LogP contribution is -2.12. The van der Waals surface area contributed by atoms with Gasteiger partial charge in [-0.05, 0) is 35.4 Å². The van der Waals surface area contributed by atoms with Crippen LogP contribution >= 0.6 is 15.9 Å². The van der Waals surface area contributed by atoms with Crippen LogP contribution in [0.2, 0.25) is 0 Å². The first-order valence-corrected chi connectivity index (χ1v) is 7.83. The van der Waals surface area contributed by atoms with Crippen molar-refractivity contribution in [2.45, 2.75) is 13.0 Å². The summed E-state index contributed by atoms with van der Waals surface area (Å²) in [5, 5.41) is 0. The maximum Gasteiger partial charge on any atom is 0.161 e. The average molecular weight is 348 g/mol. The monoisotopic (exact) mass is 347 g/mol. The van der Waals surface area contributed by atoms with Gasteiger partial charge in [0.05, 0.1) is 19.3 Å². The van der Waals surface area contributed by atoms with Crippen LogP contribution in [-0.4, -0.2) is 13.2 Å². The minimum absolute atomic E-state index is 0.173. The lowest BCUT2D eigenvalue weighted by atomic mass is 9.99. The van der Waals surface area contributed by atoms with E-state index in [1.807, 2.05) is 42.5 Å². The van der Waals surface area contributed by atoms with Crippen molar-refractivity contribution in [1.82, 2.24) is 0 Å². The summed E-state index contributed by atoms with van der Waals surface area (Å²) in [5.41, 5.74) is 8.45. The third kappa shape index (κ3) is 3.22. The molecule has 0 saturated carbocycles. The van der Waals surface area contributed by atoms with Crippen LogP contribution in [-0.2, 0) is 0 Å². The molecule has 110 valence electrons. The molecule has 1 aliphatic heterocycles. The van der Waals surface area contributed by atoms with Crippen LogP contribution in [0, 0.1) is 5.92 Å². The number of fused-ring (bicyclic) bond motifs is 1. The average Bonchev–Trinajstić information content (AvgIpc) is 2.69. The van der Waals surface area contributed by atoms with Gasteiger partial charge in [0.25, 0.3) is 0 Å². The highest BCUT2D eigenvalue weighted by atomic mass is 79.9. The quantitative estimate of drug-likeness (QED) is 0.895. The Hall–Kier alpha value is -1.52. The van der Waals surface area contributed by atoms with Crippen molar-refractivity contribution in [1.29, 1.82) is 0 Å². The molecule has 21 heavy (non-hydrogen) atoms. The SMILES string of the molecule is CC1COc2ccc(C(N)c3ccc(Br)cc3)cc2OC1. The zero-order valence-electron chi connectivity index (χ0n) is 11.9. The molecule has 2 N–H and O–H groups in total.